The predicted molar refractivity (Wildman–Crippen MR) is 85.1 cm³/mol. The molecule has 0 aliphatic carbocycles. The minimum Gasteiger partial charge on any atom is -0.490 e. The van der Waals surface area contributed by atoms with E-state index in [9.17, 15) is 5.11 Å². The summed E-state index contributed by atoms with van der Waals surface area (Å²) in [5.74, 6) is 0.463. The lowest BCUT2D eigenvalue weighted by atomic mass is 10.1. The summed E-state index contributed by atoms with van der Waals surface area (Å²) in [6.45, 7) is -0.460. The number of aliphatic hydroxyl groups excluding tert-OH is 2. The van der Waals surface area contributed by atoms with Crippen molar-refractivity contribution in [2.45, 2.75) is 6.10 Å². The Labute approximate surface area is 131 Å². The van der Waals surface area contributed by atoms with Gasteiger partial charge in [-0.3, -0.25) is 0 Å². The molecule has 1 atom stereocenters. The van der Waals surface area contributed by atoms with Gasteiger partial charge in [0.25, 0.3) is 0 Å². The van der Waals surface area contributed by atoms with E-state index in [1.165, 1.54) is 6.08 Å². The van der Waals surface area contributed by atoms with E-state index in [1.54, 1.807) is 18.5 Å². The molecule has 0 radical (unpaired) electrons. The molecule has 0 fully saturated rings. The highest BCUT2D eigenvalue weighted by atomic mass is 32.1. The van der Waals surface area contributed by atoms with Crippen molar-refractivity contribution < 1.29 is 14.9 Å². The first-order valence-corrected chi connectivity index (χ1v) is 6.77. The van der Waals surface area contributed by atoms with Gasteiger partial charge < -0.3 is 25.7 Å². The number of aromatic nitrogens is 2. The Balaban J connectivity index is 2.45. The molecule has 0 saturated carbocycles. The summed E-state index contributed by atoms with van der Waals surface area (Å²) in [4.78, 5) is 7.12. The highest BCUT2D eigenvalue weighted by Gasteiger charge is 2.12. The van der Waals surface area contributed by atoms with Crippen LogP contribution in [0, 0.1) is 11.3 Å². The van der Waals surface area contributed by atoms with Gasteiger partial charge in [0.2, 0.25) is 0 Å². The van der Waals surface area contributed by atoms with Crippen LogP contribution < -0.4 is 10.5 Å². The van der Waals surface area contributed by atoms with E-state index in [1.807, 2.05) is 6.07 Å². The Morgan fingerprint density at radius 1 is 1.64 bits per heavy atom. The number of ether oxygens (including phenoxy) is 1. The summed E-state index contributed by atoms with van der Waals surface area (Å²) in [5, 5.41) is 27.9. The van der Waals surface area contributed by atoms with Gasteiger partial charge in [0.05, 0.1) is 17.6 Å². The molecule has 0 spiro atoms. The Kier molecular flexibility index (Phi) is 5.06. The molecule has 5 N–H and O–H groups in total. The largest absolute Gasteiger partial charge is 0.490 e. The fourth-order valence-corrected chi connectivity index (χ4v) is 1.94. The van der Waals surface area contributed by atoms with Crippen LogP contribution in [0.4, 0.5) is 0 Å². The van der Waals surface area contributed by atoms with Crippen molar-refractivity contribution in [3.8, 4) is 11.8 Å². The summed E-state index contributed by atoms with van der Waals surface area (Å²) in [5.41, 5.74) is 6.85. The van der Waals surface area contributed by atoms with Crippen LogP contribution in [0.2, 0.25) is 0 Å². The van der Waals surface area contributed by atoms with Gasteiger partial charge in [0, 0.05) is 18.0 Å². The van der Waals surface area contributed by atoms with Gasteiger partial charge in [-0.25, -0.2) is 4.98 Å². The lowest BCUT2D eigenvalue weighted by Crippen LogP contribution is -2.21. The molecule has 22 heavy (non-hydrogen) atoms. The molecule has 2 heterocycles. The number of thiocarbonyl (C=S) groups is 1. The number of nitrogens with two attached hydrogens (primary N) is 1. The van der Waals surface area contributed by atoms with Crippen LogP contribution in [0.3, 0.4) is 0 Å². The topological polar surface area (TPSA) is 128 Å². The third-order valence-electron chi connectivity index (χ3n) is 2.89. The lowest BCUT2D eigenvalue weighted by molar-refractivity contribution is 0.0541. The number of H-pyrrole nitrogens is 1. The molecule has 2 rings (SSSR count). The fourth-order valence-electron chi connectivity index (χ4n) is 1.84. The van der Waals surface area contributed by atoms with Crippen molar-refractivity contribution in [1.82, 2.24) is 9.97 Å². The highest BCUT2D eigenvalue weighted by Crippen LogP contribution is 2.29. The normalized spacial score (nSPS) is 12.9. The zero-order chi connectivity index (χ0) is 16.1. The van der Waals surface area contributed by atoms with E-state index in [0.29, 0.717) is 22.3 Å². The van der Waals surface area contributed by atoms with Gasteiger partial charge >= 0.3 is 0 Å². The van der Waals surface area contributed by atoms with Crippen molar-refractivity contribution in [3.63, 3.8) is 0 Å². The molecule has 2 aromatic heterocycles. The summed E-state index contributed by atoms with van der Waals surface area (Å²) in [7, 11) is 0. The highest BCUT2D eigenvalue weighted by molar-refractivity contribution is 7.80. The van der Waals surface area contributed by atoms with Crippen molar-refractivity contribution in [3.05, 3.63) is 29.6 Å². The lowest BCUT2D eigenvalue weighted by Gasteiger charge is -2.11. The van der Waals surface area contributed by atoms with E-state index in [2.05, 4.69) is 9.97 Å². The zero-order valence-corrected chi connectivity index (χ0v) is 12.3. The van der Waals surface area contributed by atoms with Crippen molar-refractivity contribution in [1.29, 1.82) is 5.26 Å². The maximum Gasteiger partial charge on any atom is 0.141 e. The molecular weight excluding hydrogens is 304 g/mol. The smallest absolute Gasteiger partial charge is 0.141 e. The second kappa shape index (κ2) is 7.00. The minimum atomic E-state index is -0.979. The molecule has 7 nitrogen and oxygen atoms in total. The summed E-state index contributed by atoms with van der Waals surface area (Å²) >= 11 is 4.82. The Morgan fingerprint density at radius 3 is 3.05 bits per heavy atom. The number of nitrogens with one attached hydrogen (secondary N) is 1. The third-order valence-corrected chi connectivity index (χ3v) is 3.11. The molecule has 0 amide bonds. The number of fused-ring (bicyclic) bond motifs is 1. The first-order chi connectivity index (χ1) is 10.6. The number of aliphatic hydroxyl groups is 2. The summed E-state index contributed by atoms with van der Waals surface area (Å²) in [6.07, 6.45) is 3.76. The molecule has 114 valence electrons. The van der Waals surface area contributed by atoms with E-state index >= 15 is 0 Å². The first-order valence-electron chi connectivity index (χ1n) is 6.36. The molecular formula is C14H14N4O3S. The molecule has 0 saturated heterocycles. The van der Waals surface area contributed by atoms with Crippen LogP contribution >= 0.6 is 12.2 Å². The molecule has 8 heteroatoms. The van der Waals surface area contributed by atoms with Gasteiger partial charge in [-0.2, -0.15) is 5.26 Å². The monoisotopic (exact) mass is 318 g/mol. The first kappa shape index (κ1) is 15.9. The maximum atomic E-state index is 9.38. The van der Waals surface area contributed by atoms with Crippen molar-refractivity contribution in [2.24, 2.45) is 5.73 Å². The second-order valence-corrected chi connectivity index (χ2v) is 4.90. The van der Waals surface area contributed by atoms with Gasteiger partial charge in [-0.1, -0.05) is 12.2 Å². The Morgan fingerprint density at radius 2 is 2.41 bits per heavy atom. The van der Waals surface area contributed by atoms with Gasteiger partial charge in [0.15, 0.2) is 0 Å². The van der Waals surface area contributed by atoms with Crippen LogP contribution in [0.15, 0.2) is 24.0 Å². The van der Waals surface area contributed by atoms with Gasteiger partial charge in [-0.05, 0) is 12.1 Å². The quantitative estimate of drug-likeness (QED) is 0.346. The Hall–Kier alpha value is -2.47. The SMILES string of the molecule is N#CC(=Cc1c[nH]c2nccc(OCC(O)CO)c12)C(N)=S. The number of aromatic amines is 1. The number of nitrogens with zero attached hydrogens (tertiary/aromatic N) is 2. The number of hydrogen-bond acceptors (Lipinski definition) is 6. The van der Waals surface area contributed by atoms with E-state index in [0.717, 1.165) is 0 Å². The number of rotatable bonds is 6. The molecule has 1 unspecified atom stereocenters. The van der Waals surface area contributed by atoms with Crippen LogP contribution in [0.25, 0.3) is 17.1 Å². The second-order valence-electron chi connectivity index (χ2n) is 4.46. The molecule has 0 aliphatic heterocycles. The summed E-state index contributed by atoms with van der Waals surface area (Å²) < 4.78 is 5.50. The predicted octanol–water partition coefficient (Wildman–Crippen LogP) is 0.488. The Bertz CT molecular complexity index is 763. The van der Waals surface area contributed by atoms with E-state index in [-0.39, 0.29) is 17.2 Å². The molecule has 2 aromatic rings. The zero-order valence-electron chi connectivity index (χ0n) is 11.5. The van der Waals surface area contributed by atoms with Crippen molar-refractivity contribution in [2.75, 3.05) is 13.2 Å². The average Bonchev–Trinajstić information content (AvgIpc) is 2.93. The van der Waals surface area contributed by atoms with Crippen molar-refractivity contribution >= 4 is 34.3 Å². The average molecular weight is 318 g/mol. The maximum absolute atomic E-state index is 9.38. The van der Waals surface area contributed by atoms with E-state index in [4.69, 9.17) is 33.1 Å². The van der Waals surface area contributed by atoms with Crippen LogP contribution in [0.5, 0.6) is 5.75 Å². The molecule has 0 bridgehead atoms. The van der Waals surface area contributed by atoms with Gasteiger partial charge in [-0.15, -0.1) is 0 Å². The summed E-state index contributed by atoms with van der Waals surface area (Å²) in [6, 6.07) is 3.56. The standard InChI is InChI=1S/C14H14N4O3S/c15-4-8(13(16)22)3-9-5-18-14-12(9)11(1-2-17-14)21-7-10(20)6-19/h1-3,5,10,19-20H,6-7H2,(H2,16,22)(H,17,18). The molecule has 0 aromatic carbocycles. The fraction of sp³-hybridized carbons (Fsp3) is 0.214. The van der Waals surface area contributed by atoms with Crippen LogP contribution in [-0.2, 0) is 0 Å². The van der Waals surface area contributed by atoms with Crippen LogP contribution in [0.1, 0.15) is 5.56 Å². The van der Waals surface area contributed by atoms with Crippen LogP contribution in [-0.4, -0.2) is 44.5 Å². The minimum absolute atomic E-state index is 0.00101. The van der Waals surface area contributed by atoms with Gasteiger partial charge in [0.1, 0.15) is 35.2 Å². The number of pyridine rings is 1. The molecule has 0 aliphatic rings. The number of hydrogen-bond donors (Lipinski definition) is 4. The number of nitriles is 1. The van der Waals surface area contributed by atoms with E-state index < -0.39 is 12.7 Å². The third kappa shape index (κ3) is 3.40.